The number of piperidine rings is 1. The van der Waals surface area contributed by atoms with Crippen LogP contribution in [0.1, 0.15) is 45.5 Å². The second-order valence-corrected chi connectivity index (χ2v) is 8.73. The molecule has 0 spiro atoms. The summed E-state index contributed by atoms with van der Waals surface area (Å²) in [6.45, 7) is 3.65. The number of aryl methyl sites for hydroxylation is 1. The van der Waals surface area contributed by atoms with Gasteiger partial charge in [0.05, 0.1) is 6.54 Å². The first kappa shape index (κ1) is 24.0. The minimum atomic E-state index is -0.197. The molecule has 3 aromatic rings. The lowest BCUT2D eigenvalue weighted by atomic mass is 10.1. The van der Waals surface area contributed by atoms with Crippen LogP contribution in [0.5, 0.6) is 0 Å². The van der Waals surface area contributed by atoms with E-state index in [0.29, 0.717) is 22.5 Å². The summed E-state index contributed by atoms with van der Waals surface area (Å²) < 4.78 is 0. The van der Waals surface area contributed by atoms with Crippen LogP contribution >= 0.6 is 0 Å². The van der Waals surface area contributed by atoms with Crippen molar-refractivity contribution in [1.82, 2.24) is 4.90 Å². The van der Waals surface area contributed by atoms with Gasteiger partial charge in [-0.2, -0.15) is 0 Å². The average molecular weight is 471 g/mol. The van der Waals surface area contributed by atoms with Gasteiger partial charge in [0.1, 0.15) is 0 Å². The number of amides is 3. The maximum atomic E-state index is 12.6. The number of carbonyl (C=O) groups excluding carboxylic acids is 3. The molecule has 3 N–H and O–H groups in total. The van der Waals surface area contributed by atoms with Crippen LogP contribution in [0, 0.1) is 6.92 Å². The highest BCUT2D eigenvalue weighted by atomic mass is 16.2. The fourth-order valence-corrected chi connectivity index (χ4v) is 4.02. The maximum absolute atomic E-state index is 12.6. The smallest absolute Gasteiger partial charge is 0.255 e. The second-order valence-electron chi connectivity index (χ2n) is 8.73. The van der Waals surface area contributed by atoms with Gasteiger partial charge in [0.25, 0.3) is 11.8 Å². The lowest BCUT2D eigenvalue weighted by Crippen LogP contribution is -2.35. The minimum absolute atomic E-state index is 0.0442. The van der Waals surface area contributed by atoms with E-state index in [1.807, 2.05) is 30.0 Å². The zero-order chi connectivity index (χ0) is 24.6. The summed E-state index contributed by atoms with van der Waals surface area (Å²) in [5.41, 5.74) is 4.34. The van der Waals surface area contributed by atoms with Gasteiger partial charge in [-0.05, 0) is 86.8 Å². The largest absolute Gasteiger partial charge is 0.376 e. The molecule has 3 aromatic carbocycles. The lowest BCUT2D eigenvalue weighted by Gasteiger charge is -2.26. The first-order valence-corrected chi connectivity index (χ1v) is 11.9. The summed E-state index contributed by atoms with van der Waals surface area (Å²) in [7, 11) is 0. The summed E-state index contributed by atoms with van der Waals surface area (Å²) in [5, 5.41) is 8.78. The molecule has 0 atom stereocenters. The number of nitrogens with one attached hydrogen (secondary N) is 3. The topological polar surface area (TPSA) is 90.5 Å². The minimum Gasteiger partial charge on any atom is -0.376 e. The normalized spacial score (nSPS) is 13.1. The van der Waals surface area contributed by atoms with E-state index in [1.165, 1.54) is 6.42 Å². The molecule has 1 aliphatic rings. The van der Waals surface area contributed by atoms with E-state index in [1.54, 1.807) is 54.6 Å². The van der Waals surface area contributed by atoms with Gasteiger partial charge in [0, 0.05) is 41.3 Å². The molecule has 0 radical (unpaired) electrons. The predicted octanol–water partition coefficient (Wildman–Crippen LogP) is 4.92. The Kier molecular flexibility index (Phi) is 7.77. The van der Waals surface area contributed by atoms with Crippen molar-refractivity contribution in [1.29, 1.82) is 0 Å². The quantitative estimate of drug-likeness (QED) is 0.457. The Balaban J connectivity index is 1.24. The highest BCUT2D eigenvalue weighted by Crippen LogP contribution is 2.17. The number of rotatable bonds is 7. The van der Waals surface area contributed by atoms with E-state index >= 15 is 0 Å². The number of anilines is 3. The van der Waals surface area contributed by atoms with Crippen LogP contribution in [0.25, 0.3) is 0 Å². The molecule has 0 aromatic heterocycles. The number of nitrogens with zero attached hydrogens (tertiary/aromatic N) is 1. The Morgan fingerprint density at radius 3 is 2.06 bits per heavy atom. The van der Waals surface area contributed by atoms with Gasteiger partial charge >= 0.3 is 0 Å². The Morgan fingerprint density at radius 1 is 0.743 bits per heavy atom. The molecule has 0 saturated carbocycles. The Bertz CT molecular complexity index is 1180. The molecule has 0 unspecified atom stereocenters. The van der Waals surface area contributed by atoms with Gasteiger partial charge in [-0.1, -0.05) is 17.7 Å². The van der Waals surface area contributed by atoms with Gasteiger partial charge in [0.15, 0.2) is 0 Å². The van der Waals surface area contributed by atoms with E-state index in [9.17, 15) is 14.4 Å². The molecule has 1 aliphatic heterocycles. The van der Waals surface area contributed by atoms with Crippen LogP contribution in [0.2, 0.25) is 0 Å². The molecule has 4 rings (SSSR count). The third kappa shape index (κ3) is 6.69. The van der Waals surface area contributed by atoms with Crippen molar-refractivity contribution < 1.29 is 14.4 Å². The van der Waals surface area contributed by atoms with Crippen LogP contribution in [0.4, 0.5) is 17.1 Å². The average Bonchev–Trinajstić information content (AvgIpc) is 2.89. The number of benzene rings is 3. The van der Waals surface area contributed by atoms with Crippen LogP contribution in [0.3, 0.4) is 0 Å². The molecule has 0 bridgehead atoms. The number of carbonyl (C=O) groups is 3. The van der Waals surface area contributed by atoms with Crippen LogP contribution in [-0.2, 0) is 4.79 Å². The van der Waals surface area contributed by atoms with Crippen molar-refractivity contribution in [3.63, 3.8) is 0 Å². The molecule has 0 aliphatic carbocycles. The third-order valence-electron chi connectivity index (χ3n) is 5.93. The van der Waals surface area contributed by atoms with E-state index in [0.717, 1.165) is 37.2 Å². The zero-order valence-electron chi connectivity index (χ0n) is 19.8. The summed E-state index contributed by atoms with van der Waals surface area (Å²) in [5.74, 6) is -0.322. The van der Waals surface area contributed by atoms with Gasteiger partial charge in [-0.3, -0.25) is 14.4 Å². The van der Waals surface area contributed by atoms with Gasteiger partial charge in [-0.15, -0.1) is 0 Å². The molecular formula is C28H30N4O3. The van der Waals surface area contributed by atoms with Crippen molar-refractivity contribution in [2.75, 3.05) is 35.6 Å². The van der Waals surface area contributed by atoms with Crippen molar-refractivity contribution >= 4 is 34.8 Å². The van der Waals surface area contributed by atoms with Gasteiger partial charge in [-0.25, -0.2) is 0 Å². The second kappa shape index (κ2) is 11.3. The Morgan fingerprint density at radius 2 is 1.37 bits per heavy atom. The molecule has 1 heterocycles. The van der Waals surface area contributed by atoms with E-state index in [2.05, 4.69) is 16.0 Å². The predicted molar refractivity (Wildman–Crippen MR) is 139 cm³/mol. The monoisotopic (exact) mass is 470 g/mol. The first-order chi connectivity index (χ1) is 17.0. The third-order valence-corrected chi connectivity index (χ3v) is 5.93. The fraction of sp³-hybridized carbons (Fsp3) is 0.250. The van der Waals surface area contributed by atoms with Gasteiger partial charge in [0.2, 0.25) is 5.91 Å². The van der Waals surface area contributed by atoms with Crippen molar-refractivity contribution in [2.45, 2.75) is 26.2 Å². The van der Waals surface area contributed by atoms with E-state index in [4.69, 9.17) is 0 Å². The molecule has 1 saturated heterocycles. The van der Waals surface area contributed by atoms with Crippen molar-refractivity contribution in [2.24, 2.45) is 0 Å². The first-order valence-electron chi connectivity index (χ1n) is 11.9. The van der Waals surface area contributed by atoms with Crippen molar-refractivity contribution in [3.8, 4) is 0 Å². The molecule has 7 nitrogen and oxygen atoms in total. The summed E-state index contributed by atoms with van der Waals surface area (Å²) in [6.07, 6.45) is 3.28. The lowest BCUT2D eigenvalue weighted by molar-refractivity contribution is -0.114. The number of likely N-dealkylation sites (tertiary alicyclic amines) is 1. The van der Waals surface area contributed by atoms with Crippen LogP contribution < -0.4 is 16.0 Å². The van der Waals surface area contributed by atoms with Crippen molar-refractivity contribution in [3.05, 3.63) is 89.5 Å². The van der Waals surface area contributed by atoms with Crippen LogP contribution in [-0.4, -0.2) is 42.3 Å². The number of hydrogen-bond acceptors (Lipinski definition) is 4. The molecule has 3 amide bonds. The maximum Gasteiger partial charge on any atom is 0.255 e. The van der Waals surface area contributed by atoms with E-state index in [-0.39, 0.29) is 24.3 Å². The van der Waals surface area contributed by atoms with Gasteiger partial charge < -0.3 is 20.9 Å². The van der Waals surface area contributed by atoms with Crippen LogP contribution in [0.15, 0.2) is 72.8 Å². The highest BCUT2D eigenvalue weighted by molar-refractivity contribution is 6.04. The SMILES string of the molecule is Cc1cccc(C(=O)Nc2ccc(NCC(=O)Nc3ccc(C(=O)N4CCCCC4)cc3)cc2)c1. The summed E-state index contributed by atoms with van der Waals surface area (Å²) in [4.78, 5) is 39.2. The standard InChI is InChI=1S/C28H30N4O3/c1-20-6-5-7-22(18-20)27(34)31-25-14-12-23(13-15-25)29-19-26(33)30-24-10-8-21(9-11-24)28(35)32-16-3-2-4-17-32/h5-15,18,29H,2-4,16-17,19H2,1H3,(H,30,33)(H,31,34). The molecular weight excluding hydrogens is 440 g/mol. The molecule has 1 fully saturated rings. The Hall–Kier alpha value is -4.13. The summed E-state index contributed by atoms with van der Waals surface area (Å²) >= 11 is 0. The molecule has 35 heavy (non-hydrogen) atoms. The zero-order valence-corrected chi connectivity index (χ0v) is 19.8. The highest BCUT2D eigenvalue weighted by Gasteiger charge is 2.18. The Labute approximate surface area is 205 Å². The fourth-order valence-electron chi connectivity index (χ4n) is 4.02. The summed E-state index contributed by atoms with van der Waals surface area (Å²) in [6, 6.07) is 21.6. The number of hydrogen-bond donors (Lipinski definition) is 3. The van der Waals surface area contributed by atoms with E-state index < -0.39 is 0 Å². The molecule has 7 heteroatoms. The molecule has 180 valence electrons.